The molecule has 1 amide bonds. The number of nitrogens with zero attached hydrogens (tertiary/aromatic N) is 5. The average molecular weight is 439 g/mol. The van der Waals surface area contributed by atoms with E-state index in [1.54, 1.807) is 6.20 Å². The standard InChI is InChI=1S/C23H27ClN6O/c1-16-4-7-20(8-5-16)30-18(3)23(17(2)27-30)26-22(31)15-28-10-12-29(13-11-28)21-9-6-19(24)14-25-21/h4-9,14H,10-13,15H2,1-3H3,(H,26,31). The normalized spacial score (nSPS) is 14.6. The molecule has 31 heavy (non-hydrogen) atoms. The van der Waals surface area contributed by atoms with E-state index >= 15 is 0 Å². The van der Waals surface area contributed by atoms with E-state index < -0.39 is 0 Å². The number of anilines is 2. The maximum absolute atomic E-state index is 12.7. The summed E-state index contributed by atoms with van der Waals surface area (Å²) >= 11 is 5.92. The Morgan fingerprint density at radius 3 is 2.39 bits per heavy atom. The van der Waals surface area contributed by atoms with Crippen molar-refractivity contribution in [2.45, 2.75) is 20.8 Å². The fraction of sp³-hybridized carbons (Fsp3) is 0.348. The Labute approximate surface area is 187 Å². The first-order valence-corrected chi connectivity index (χ1v) is 10.8. The summed E-state index contributed by atoms with van der Waals surface area (Å²) in [5.74, 6) is 0.899. The van der Waals surface area contributed by atoms with E-state index in [1.807, 2.05) is 42.8 Å². The van der Waals surface area contributed by atoms with Gasteiger partial charge in [0.25, 0.3) is 0 Å². The molecular formula is C23H27ClN6O. The molecule has 3 heterocycles. The molecule has 1 aliphatic heterocycles. The quantitative estimate of drug-likeness (QED) is 0.659. The zero-order valence-electron chi connectivity index (χ0n) is 18.1. The van der Waals surface area contributed by atoms with Crippen molar-refractivity contribution < 1.29 is 4.79 Å². The summed E-state index contributed by atoms with van der Waals surface area (Å²) in [5, 5.41) is 8.33. The van der Waals surface area contributed by atoms with E-state index in [9.17, 15) is 4.79 Å². The highest BCUT2D eigenvalue weighted by molar-refractivity contribution is 6.30. The van der Waals surface area contributed by atoms with Crippen molar-refractivity contribution in [2.24, 2.45) is 0 Å². The molecule has 7 nitrogen and oxygen atoms in total. The third-order valence-corrected chi connectivity index (χ3v) is 5.83. The molecule has 162 valence electrons. The second-order valence-electron chi connectivity index (χ2n) is 7.94. The monoisotopic (exact) mass is 438 g/mol. The highest BCUT2D eigenvalue weighted by Gasteiger charge is 2.21. The fourth-order valence-electron chi connectivity index (χ4n) is 3.83. The minimum Gasteiger partial charge on any atom is -0.354 e. The van der Waals surface area contributed by atoms with E-state index in [4.69, 9.17) is 11.6 Å². The van der Waals surface area contributed by atoms with E-state index in [1.165, 1.54) is 5.56 Å². The lowest BCUT2D eigenvalue weighted by Crippen LogP contribution is -2.49. The van der Waals surface area contributed by atoms with Gasteiger partial charge in [-0.3, -0.25) is 9.69 Å². The summed E-state index contributed by atoms with van der Waals surface area (Å²) in [6, 6.07) is 12.0. The van der Waals surface area contributed by atoms with Crippen LogP contribution in [0.1, 0.15) is 17.0 Å². The van der Waals surface area contributed by atoms with Crippen molar-refractivity contribution in [3.05, 3.63) is 64.6 Å². The predicted octanol–water partition coefficient (Wildman–Crippen LogP) is 3.61. The Morgan fingerprint density at radius 2 is 1.74 bits per heavy atom. The topological polar surface area (TPSA) is 66.3 Å². The van der Waals surface area contributed by atoms with Crippen LogP contribution in [0.3, 0.4) is 0 Å². The Morgan fingerprint density at radius 1 is 1.03 bits per heavy atom. The molecule has 0 aliphatic carbocycles. The van der Waals surface area contributed by atoms with Crippen LogP contribution in [-0.2, 0) is 4.79 Å². The van der Waals surface area contributed by atoms with Crippen LogP contribution in [0.2, 0.25) is 5.02 Å². The van der Waals surface area contributed by atoms with Gasteiger partial charge < -0.3 is 10.2 Å². The first-order chi connectivity index (χ1) is 14.9. The molecule has 8 heteroatoms. The molecule has 1 N–H and O–H groups in total. The van der Waals surface area contributed by atoms with E-state index in [2.05, 4.69) is 44.3 Å². The van der Waals surface area contributed by atoms with Crippen molar-refractivity contribution in [3.8, 4) is 5.69 Å². The molecule has 1 aromatic carbocycles. The third-order valence-electron chi connectivity index (χ3n) is 5.61. The van der Waals surface area contributed by atoms with Gasteiger partial charge in [0.2, 0.25) is 5.91 Å². The Hall–Kier alpha value is -2.90. The first-order valence-electron chi connectivity index (χ1n) is 10.4. The van der Waals surface area contributed by atoms with E-state index in [0.717, 1.165) is 54.8 Å². The van der Waals surface area contributed by atoms with Gasteiger partial charge in [0.15, 0.2) is 0 Å². The van der Waals surface area contributed by atoms with Crippen LogP contribution in [-0.4, -0.2) is 58.3 Å². The molecule has 4 rings (SSSR count). The van der Waals surface area contributed by atoms with E-state index in [0.29, 0.717) is 11.6 Å². The summed E-state index contributed by atoms with van der Waals surface area (Å²) in [4.78, 5) is 21.5. The maximum Gasteiger partial charge on any atom is 0.238 e. The number of hydrogen-bond donors (Lipinski definition) is 1. The van der Waals surface area contributed by atoms with Gasteiger partial charge in [-0.2, -0.15) is 5.10 Å². The number of halogens is 1. The molecule has 3 aromatic rings. The summed E-state index contributed by atoms with van der Waals surface area (Å²) in [7, 11) is 0. The fourth-order valence-corrected chi connectivity index (χ4v) is 3.94. The molecule has 0 bridgehead atoms. The van der Waals surface area contributed by atoms with Crippen molar-refractivity contribution in [1.82, 2.24) is 19.7 Å². The van der Waals surface area contributed by atoms with Gasteiger partial charge in [-0.25, -0.2) is 9.67 Å². The number of hydrogen-bond acceptors (Lipinski definition) is 5. The molecule has 0 atom stereocenters. The van der Waals surface area contributed by atoms with Crippen LogP contribution in [0.5, 0.6) is 0 Å². The number of piperazine rings is 1. The third kappa shape index (κ3) is 4.89. The number of carbonyl (C=O) groups excluding carboxylic acids is 1. The number of aryl methyl sites for hydroxylation is 2. The van der Waals surface area contributed by atoms with Crippen molar-refractivity contribution in [2.75, 3.05) is 42.9 Å². The average Bonchev–Trinajstić information content (AvgIpc) is 3.04. The number of aromatic nitrogens is 3. The summed E-state index contributed by atoms with van der Waals surface area (Å²) in [6.07, 6.45) is 1.66. The second-order valence-corrected chi connectivity index (χ2v) is 8.38. The molecule has 1 fully saturated rings. The zero-order chi connectivity index (χ0) is 22.0. The van der Waals surface area contributed by atoms with Crippen LogP contribution >= 0.6 is 11.6 Å². The molecular weight excluding hydrogens is 412 g/mol. The molecule has 1 aliphatic rings. The highest BCUT2D eigenvalue weighted by atomic mass is 35.5. The lowest BCUT2D eigenvalue weighted by Gasteiger charge is -2.35. The number of pyridine rings is 1. The molecule has 0 saturated carbocycles. The highest BCUT2D eigenvalue weighted by Crippen LogP contribution is 2.23. The van der Waals surface area contributed by atoms with Gasteiger partial charge in [0.05, 0.1) is 34.3 Å². The molecule has 1 saturated heterocycles. The SMILES string of the molecule is Cc1ccc(-n2nc(C)c(NC(=O)CN3CCN(c4ccc(Cl)cn4)CC3)c2C)cc1. The zero-order valence-corrected chi connectivity index (χ0v) is 18.9. The Bertz CT molecular complexity index is 1050. The lowest BCUT2D eigenvalue weighted by molar-refractivity contribution is -0.117. The van der Waals surface area contributed by atoms with Crippen LogP contribution in [0.15, 0.2) is 42.6 Å². The van der Waals surface area contributed by atoms with Gasteiger partial charge >= 0.3 is 0 Å². The summed E-state index contributed by atoms with van der Waals surface area (Å²) in [5.41, 5.74) is 4.71. The van der Waals surface area contributed by atoms with Gasteiger partial charge in [-0.15, -0.1) is 0 Å². The van der Waals surface area contributed by atoms with Gasteiger partial charge in [0, 0.05) is 32.4 Å². The Kier molecular flexibility index (Phi) is 6.25. The molecule has 0 unspecified atom stereocenters. The van der Waals surface area contributed by atoms with Gasteiger partial charge in [-0.05, 0) is 45.0 Å². The minimum absolute atomic E-state index is 0.0206. The van der Waals surface area contributed by atoms with Crippen molar-refractivity contribution in [1.29, 1.82) is 0 Å². The van der Waals surface area contributed by atoms with Crippen molar-refractivity contribution in [3.63, 3.8) is 0 Å². The summed E-state index contributed by atoms with van der Waals surface area (Å²) in [6.45, 7) is 9.57. The van der Waals surface area contributed by atoms with Crippen molar-refractivity contribution >= 4 is 29.0 Å². The number of amides is 1. The Balaban J connectivity index is 1.35. The number of nitrogens with one attached hydrogen (secondary N) is 1. The molecule has 2 aromatic heterocycles. The summed E-state index contributed by atoms with van der Waals surface area (Å²) < 4.78 is 1.88. The smallest absolute Gasteiger partial charge is 0.238 e. The van der Waals surface area contributed by atoms with Gasteiger partial charge in [-0.1, -0.05) is 29.3 Å². The van der Waals surface area contributed by atoms with Crippen LogP contribution < -0.4 is 10.2 Å². The molecule has 0 spiro atoms. The van der Waals surface area contributed by atoms with Crippen LogP contribution in [0, 0.1) is 20.8 Å². The van der Waals surface area contributed by atoms with Crippen LogP contribution in [0.25, 0.3) is 5.69 Å². The first kappa shape index (κ1) is 21.3. The minimum atomic E-state index is -0.0206. The van der Waals surface area contributed by atoms with E-state index in [-0.39, 0.29) is 5.91 Å². The largest absolute Gasteiger partial charge is 0.354 e. The predicted molar refractivity (Wildman–Crippen MR) is 124 cm³/mol. The lowest BCUT2D eigenvalue weighted by atomic mass is 10.2. The number of rotatable bonds is 5. The maximum atomic E-state index is 12.7. The number of benzene rings is 1. The number of carbonyl (C=O) groups is 1. The van der Waals surface area contributed by atoms with Gasteiger partial charge in [0.1, 0.15) is 5.82 Å². The second kappa shape index (κ2) is 9.08. The van der Waals surface area contributed by atoms with Crippen LogP contribution in [0.4, 0.5) is 11.5 Å². The molecule has 0 radical (unpaired) electrons.